The lowest BCUT2D eigenvalue weighted by Crippen LogP contribution is -2.55. The summed E-state index contributed by atoms with van der Waals surface area (Å²) in [6.45, 7) is 1.75. The summed E-state index contributed by atoms with van der Waals surface area (Å²) in [4.78, 5) is 20.6. The number of nitrogens with one attached hydrogen (secondary N) is 1. The predicted molar refractivity (Wildman–Crippen MR) is 119 cm³/mol. The molecule has 3 heterocycles. The molecule has 170 valence electrons. The van der Waals surface area contributed by atoms with E-state index in [1.54, 1.807) is 6.20 Å². The van der Waals surface area contributed by atoms with Crippen LogP contribution in [0.2, 0.25) is 0 Å². The number of aromatic nitrogens is 1. The number of amides is 1. The van der Waals surface area contributed by atoms with E-state index in [4.69, 9.17) is 4.74 Å². The van der Waals surface area contributed by atoms with Crippen LogP contribution in [-0.4, -0.2) is 34.9 Å². The molecule has 1 unspecified atom stereocenters. The molecule has 1 saturated carbocycles. The van der Waals surface area contributed by atoms with E-state index in [1.807, 2.05) is 35.2 Å². The second-order valence-electron chi connectivity index (χ2n) is 9.30. The van der Waals surface area contributed by atoms with Crippen molar-refractivity contribution in [1.29, 1.82) is 0 Å². The van der Waals surface area contributed by atoms with Crippen LogP contribution < -0.4 is 5.32 Å². The van der Waals surface area contributed by atoms with E-state index in [0.29, 0.717) is 37.2 Å². The van der Waals surface area contributed by atoms with Gasteiger partial charge in [0.2, 0.25) is 5.91 Å². The van der Waals surface area contributed by atoms with E-state index in [9.17, 15) is 13.6 Å². The molecule has 7 heteroatoms. The molecular weight excluding hydrogens is 424 g/mol. The molecule has 1 aromatic heterocycles. The van der Waals surface area contributed by atoms with Gasteiger partial charge in [0.15, 0.2) is 11.6 Å². The Kier molecular flexibility index (Phi) is 4.92. The SMILES string of the molecule is O=C([C@H]1CNCCC12OCc1cc(F)c(F)cc12)N(Cc1cccc2cccnc12)C1CC1. The number of carbonyl (C=O) groups is 1. The molecule has 1 saturated heterocycles. The second kappa shape index (κ2) is 7.85. The topological polar surface area (TPSA) is 54.5 Å². The van der Waals surface area contributed by atoms with Gasteiger partial charge in [-0.1, -0.05) is 24.3 Å². The first-order chi connectivity index (χ1) is 16.1. The molecule has 0 radical (unpaired) electrons. The van der Waals surface area contributed by atoms with E-state index in [0.717, 1.165) is 29.3 Å². The Morgan fingerprint density at radius 2 is 2.00 bits per heavy atom. The average Bonchev–Trinajstić information content (AvgIpc) is 3.63. The lowest BCUT2D eigenvalue weighted by molar-refractivity contribution is -0.157. The lowest BCUT2D eigenvalue weighted by atomic mass is 9.75. The normalized spacial score (nSPS) is 24.2. The Hall–Kier alpha value is -2.90. The summed E-state index contributed by atoms with van der Waals surface area (Å²) in [6, 6.07) is 12.6. The number of ether oxygens (including phenoxy) is 1. The van der Waals surface area contributed by atoms with Crippen LogP contribution in [0.15, 0.2) is 48.7 Å². The number of fused-ring (bicyclic) bond motifs is 3. The van der Waals surface area contributed by atoms with Crippen molar-refractivity contribution in [1.82, 2.24) is 15.2 Å². The van der Waals surface area contributed by atoms with Gasteiger partial charge in [0.05, 0.1) is 18.0 Å². The van der Waals surface area contributed by atoms with Crippen LogP contribution in [-0.2, 0) is 28.3 Å². The molecule has 1 aliphatic carbocycles. The number of halogens is 2. The van der Waals surface area contributed by atoms with Crippen molar-refractivity contribution in [2.24, 2.45) is 5.92 Å². The van der Waals surface area contributed by atoms with Gasteiger partial charge in [-0.25, -0.2) is 8.78 Å². The minimum Gasteiger partial charge on any atom is -0.365 e. The predicted octanol–water partition coefficient (Wildman–Crippen LogP) is 4.04. The largest absolute Gasteiger partial charge is 0.365 e. The van der Waals surface area contributed by atoms with Crippen molar-refractivity contribution < 1.29 is 18.3 Å². The van der Waals surface area contributed by atoms with Crippen LogP contribution in [0.5, 0.6) is 0 Å². The quantitative estimate of drug-likeness (QED) is 0.653. The smallest absolute Gasteiger partial charge is 0.230 e. The summed E-state index contributed by atoms with van der Waals surface area (Å²) in [5.74, 6) is -2.30. The standard InChI is InChI=1S/C26H25F2N3O2/c27-22-11-18-15-33-26(20(18)12-23(22)28)8-10-29-13-21(26)25(32)31(19-6-7-19)14-17-4-1-3-16-5-2-9-30-24(16)17/h1-5,9,11-12,19,21,29H,6-8,10,13-15H2/t21-,26?/m1/s1. The molecule has 1 N–H and O–H groups in total. The van der Waals surface area contributed by atoms with Crippen molar-refractivity contribution in [3.8, 4) is 0 Å². The van der Waals surface area contributed by atoms with Gasteiger partial charge in [-0.2, -0.15) is 0 Å². The Labute approximate surface area is 190 Å². The van der Waals surface area contributed by atoms with Crippen LogP contribution in [0, 0.1) is 17.6 Å². The van der Waals surface area contributed by atoms with Gasteiger partial charge in [-0.05, 0) is 60.7 Å². The second-order valence-corrected chi connectivity index (χ2v) is 9.30. The fourth-order valence-electron chi connectivity index (χ4n) is 5.48. The highest BCUT2D eigenvalue weighted by Crippen LogP contribution is 2.48. The van der Waals surface area contributed by atoms with Crippen molar-refractivity contribution in [2.75, 3.05) is 13.1 Å². The maximum atomic E-state index is 14.2. The summed E-state index contributed by atoms with van der Waals surface area (Å²) >= 11 is 0. The molecular formula is C26H25F2N3O2. The summed E-state index contributed by atoms with van der Waals surface area (Å²) in [5.41, 5.74) is 2.21. The number of pyridine rings is 1. The van der Waals surface area contributed by atoms with Gasteiger partial charge in [-0.15, -0.1) is 0 Å². The first-order valence-electron chi connectivity index (χ1n) is 11.5. The summed E-state index contributed by atoms with van der Waals surface area (Å²) < 4.78 is 34.3. The number of carbonyl (C=O) groups excluding carboxylic acids is 1. The monoisotopic (exact) mass is 449 g/mol. The molecule has 3 aromatic rings. The molecule has 5 nitrogen and oxygen atoms in total. The Bertz CT molecular complexity index is 1240. The molecule has 3 aliphatic rings. The minimum atomic E-state index is -0.934. The lowest BCUT2D eigenvalue weighted by Gasteiger charge is -2.43. The van der Waals surface area contributed by atoms with Crippen LogP contribution in [0.25, 0.3) is 10.9 Å². The van der Waals surface area contributed by atoms with Gasteiger partial charge in [-0.3, -0.25) is 9.78 Å². The van der Waals surface area contributed by atoms with Crippen LogP contribution >= 0.6 is 0 Å². The van der Waals surface area contributed by atoms with E-state index < -0.39 is 23.2 Å². The van der Waals surface area contributed by atoms with E-state index in [1.165, 1.54) is 12.1 Å². The number of piperidine rings is 1. The zero-order chi connectivity index (χ0) is 22.6. The maximum Gasteiger partial charge on any atom is 0.230 e. The van der Waals surface area contributed by atoms with Crippen molar-refractivity contribution >= 4 is 16.8 Å². The number of nitrogens with zero attached hydrogens (tertiary/aromatic N) is 2. The Morgan fingerprint density at radius 1 is 1.18 bits per heavy atom. The molecule has 1 spiro atoms. The third-order valence-electron chi connectivity index (χ3n) is 7.30. The number of benzene rings is 2. The van der Waals surface area contributed by atoms with Crippen LogP contribution in [0.3, 0.4) is 0 Å². The van der Waals surface area contributed by atoms with Gasteiger partial charge in [0, 0.05) is 30.7 Å². The van der Waals surface area contributed by atoms with Gasteiger partial charge < -0.3 is 15.0 Å². The molecule has 2 aliphatic heterocycles. The van der Waals surface area contributed by atoms with Gasteiger partial charge in [0.25, 0.3) is 0 Å². The van der Waals surface area contributed by atoms with Crippen molar-refractivity contribution in [3.05, 3.63) is 77.0 Å². The van der Waals surface area contributed by atoms with Crippen molar-refractivity contribution in [3.63, 3.8) is 0 Å². The number of hydrogen-bond acceptors (Lipinski definition) is 4. The number of rotatable bonds is 4. The molecule has 1 amide bonds. The maximum absolute atomic E-state index is 14.2. The third kappa shape index (κ3) is 3.42. The fourth-order valence-corrected chi connectivity index (χ4v) is 5.48. The number of hydrogen-bond donors (Lipinski definition) is 1. The van der Waals surface area contributed by atoms with E-state index in [2.05, 4.69) is 10.3 Å². The first kappa shape index (κ1) is 20.7. The molecule has 2 aromatic carbocycles. The molecule has 0 bridgehead atoms. The zero-order valence-electron chi connectivity index (χ0n) is 18.2. The number of para-hydroxylation sites is 1. The van der Waals surface area contributed by atoms with Crippen molar-refractivity contribution in [2.45, 2.75) is 44.1 Å². The molecule has 2 fully saturated rings. The Balaban J connectivity index is 1.37. The summed E-state index contributed by atoms with van der Waals surface area (Å²) in [7, 11) is 0. The van der Waals surface area contributed by atoms with E-state index >= 15 is 0 Å². The van der Waals surface area contributed by atoms with Crippen LogP contribution in [0.1, 0.15) is 36.0 Å². The van der Waals surface area contributed by atoms with E-state index in [-0.39, 0.29) is 18.6 Å². The molecule has 2 atom stereocenters. The highest BCUT2D eigenvalue weighted by Gasteiger charge is 2.53. The highest BCUT2D eigenvalue weighted by atomic mass is 19.2. The summed E-state index contributed by atoms with van der Waals surface area (Å²) in [6.07, 6.45) is 4.24. The third-order valence-corrected chi connectivity index (χ3v) is 7.30. The highest BCUT2D eigenvalue weighted by molar-refractivity contribution is 5.84. The molecule has 6 rings (SSSR count). The fraction of sp³-hybridized carbons (Fsp3) is 0.385. The Morgan fingerprint density at radius 3 is 2.85 bits per heavy atom. The van der Waals surface area contributed by atoms with Gasteiger partial charge in [0.1, 0.15) is 5.60 Å². The van der Waals surface area contributed by atoms with Crippen LogP contribution in [0.4, 0.5) is 8.78 Å². The minimum absolute atomic E-state index is 0.00443. The zero-order valence-corrected chi connectivity index (χ0v) is 18.2. The summed E-state index contributed by atoms with van der Waals surface area (Å²) in [5, 5.41) is 4.37. The first-order valence-corrected chi connectivity index (χ1v) is 11.5. The average molecular weight is 450 g/mol. The van der Waals surface area contributed by atoms with Gasteiger partial charge >= 0.3 is 0 Å². The molecule has 33 heavy (non-hydrogen) atoms.